The molecule has 1 heterocycles. The number of hydrogen-bond acceptors (Lipinski definition) is 5. The molecule has 1 aromatic rings. The minimum absolute atomic E-state index is 0.162. The highest BCUT2D eigenvalue weighted by molar-refractivity contribution is 6.32. The van der Waals surface area contributed by atoms with Gasteiger partial charge in [0, 0.05) is 12.1 Å². The Morgan fingerprint density at radius 1 is 1.28 bits per heavy atom. The van der Waals surface area contributed by atoms with Crippen LogP contribution in [0, 0.1) is 0 Å². The minimum Gasteiger partial charge on any atom is -0.495 e. The lowest BCUT2D eigenvalue weighted by Crippen LogP contribution is -2.31. The van der Waals surface area contributed by atoms with Crippen LogP contribution in [-0.4, -0.2) is 44.7 Å². The van der Waals surface area contributed by atoms with E-state index in [1.54, 1.807) is 26.4 Å². The topological polar surface area (TPSA) is 60.0 Å². The van der Waals surface area contributed by atoms with E-state index in [2.05, 4.69) is 5.32 Å². The van der Waals surface area contributed by atoms with Gasteiger partial charge in [0.05, 0.1) is 50.3 Å². The maximum Gasteiger partial charge on any atom is 0.143 e. The van der Waals surface area contributed by atoms with Gasteiger partial charge in [0.15, 0.2) is 0 Å². The van der Waals surface area contributed by atoms with E-state index in [1.807, 2.05) is 0 Å². The molecule has 6 heteroatoms. The lowest BCUT2D eigenvalue weighted by Gasteiger charge is -2.19. The Bertz CT molecular complexity index is 427. The maximum atomic E-state index is 9.71. The van der Waals surface area contributed by atoms with Gasteiger partial charge in [-0.2, -0.15) is 0 Å². The van der Waals surface area contributed by atoms with Gasteiger partial charge in [0.1, 0.15) is 11.5 Å². The third-order valence-corrected chi connectivity index (χ3v) is 3.16. The monoisotopic (exact) mass is 273 g/mol. The number of aliphatic hydroxyl groups excluding tert-OH is 1. The second-order valence-electron chi connectivity index (χ2n) is 4.04. The lowest BCUT2D eigenvalue weighted by molar-refractivity contribution is 0.125. The summed E-state index contributed by atoms with van der Waals surface area (Å²) >= 11 is 6.02. The summed E-state index contributed by atoms with van der Waals surface area (Å²) in [6, 6.07) is 3.25. The number of anilines is 1. The minimum atomic E-state index is -0.531. The van der Waals surface area contributed by atoms with Crippen molar-refractivity contribution in [2.45, 2.75) is 12.1 Å². The molecule has 0 saturated carbocycles. The fraction of sp³-hybridized carbons (Fsp3) is 0.500. The molecule has 5 nitrogen and oxygen atoms in total. The van der Waals surface area contributed by atoms with Gasteiger partial charge in [-0.25, -0.2) is 0 Å². The number of nitrogens with one attached hydrogen (secondary N) is 1. The van der Waals surface area contributed by atoms with Gasteiger partial charge in [-0.05, 0) is 0 Å². The van der Waals surface area contributed by atoms with Crippen LogP contribution in [0.3, 0.4) is 0 Å². The van der Waals surface area contributed by atoms with Gasteiger partial charge in [-0.3, -0.25) is 0 Å². The third-order valence-electron chi connectivity index (χ3n) is 2.87. The highest BCUT2D eigenvalue weighted by atomic mass is 35.5. The summed E-state index contributed by atoms with van der Waals surface area (Å²) in [5.74, 6) is 1.15. The first-order valence-corrected chi connectivity index (χ1v) is 5.97. The van der Waals surface area contributed by atoms with Crippen LogP contribution in [0.2, 0.25) is 5.02 Å². The smallest absolute Gasteiger partial charge is 0.143 e. The van der Waals surface area contributed by atoms with Crippen molar-refractivity contribution in [3.05, 3.63) is 17.2 Å². The number of benzene rings is 1. The van der Waals surface area contributed by atoms with E-state index in [9.17, 15) is 5.11 Å². The van der Waals surface area contributed by atoms with E-state index in [1.165, 1.54) is 0 Å². The zero-order valence-electron chi connectivity index (χ0n) is 10.3. The number of halogens is 1. The largest absolute Gasteiger partial charge is 0.495 e. The molecule has 1 aliphatic rings. The maximum absolute atomic E-state index is 9.71. The van der Waals surface area contributed by atoms with Crippen LogP contribution in [-0.2, 0) is 4.74 Å². The summed E-state index contributed by atoms with van der Waals surface area (Å²) in [6.45, 7) is 0.792. The van der Waals surface area contributed by atoms with Crippen LogP contribution < -0.4 is 14.8 Å². The standard InChI is InChI=1S/C12H16ClNO4/c1-16-11-4-8(12(17-2)3-7(11)13)14-9-5-18-6-10(9)15/h3-4,9-10,14-15H,5-6H2,1-2H3. The number of methoxy groups -OCH3 is 2. The second-order valence-corrected chi connectivity index (χ2v) is 4.45. The summed E-state index contributed by atoms with van der Waals surface area (Å²) in [5, 5.41) is 13.4. The Morgan fingerprint density at radius 2 is 2.00 bits per heavy atom. The Morgan fingerprint density at radius 3 is 2.56 bits per heavy atom. The molecule has 2 N–H and O–H groups in total. The molecule has 100 valence electrons. The molecule has 0 radical (unpaired) electrons. The first kappa shape index (κ1) is 13.3. The highest BCUT2D eigenvalue weighted by Gasteiger charge is 2.27. The van der Waals surface area contributed by atoms with Crippen LogP contribution in [0.15, 0.2) is 12.1 Å². The highest BCUT2D eigenvalue weighted by Crippen LogP contribution is 2.36. The molecule has 0 spiro atoms. The lowest BCUT2D eigenvalue weighted by atomic mass is 10.2. The summed E-state index contributed by atoms with van der Waals surface area (Å²) < 4.78 is 15.6. The quantitative estimate of drug-likeness (QED) is 0.871. The molecule has 1 fully saturated rings. The predicted octanol–water partition coefficient (Wildman–Crippen LogP) is 1.53. The first-order chi connectivity index (χ1) is 8.65. The van der Waals surface area contributed by atoms with E-state index in [0.717, 1.165) is 0 Å². The van der Waals surface area contributed by atoms with Gasteiger partial charge >= 0.3 is 0 Å². The molecule has 1 aliphatic heterocycles. The SMILES string of the molecule is COc1cc(NC2COCC2O)c(OC)cc1Cl. The molecule has 1 saturated heterocycles. The fourth-order valence-electron chi connectivity index (χ4n) is 1.85. The van der Waals surface area contributed by atoms with Crippen molar-refractivity contribution in [2.24, 2.45) is 0 Å². The summed E-state index contributed by atoms with van der Waals surface area (Å²) in [7, 11) is 3.11. The Hall–Kier alpha value is -1.17. The van der Waals surface area contributed by atoms with Crippen LogP contribution in [0.1, 0.15) is 0 Å². The summed E-state index contributed by atoms with van der Waals surface area (Å²) in [4.78, 5) is 0. The van der Waals surface area contributed by atoms with Crippen molar-refractivity contribution in [3.63, 3.8) is 0 Å². The van der Waals surface area contributed by atoms with Gasteiger partial charge in [-0.1, -0.05) is 11.6 Å². The molecule has 1 aromatic carbocycles. The molecule has 0 amide bonds. The molecule has 0 aromatic heterocycles. The van der Waals surface area contributed by atoms with Crippen LogP contribution in [0.25, 0.3) is 0 Å². The Kier molecular flexibility index (Phi) is 4.16. The number of aliphatic hydroxyl groups is 1. The van der Waals surface area contributed by atoms with Crippen molar-refractivity contribution in [2.75, 3.05) is 32.8 Å². The van der Waals surface area contributed by atoms with Crippen molar-refractivity contribution in [3.8, 4) is 11.5 Å². The number of ether oxygens (including phenoxy) is 3. The molecule has 0 bridgehead atoms. The van der Waals surface area contributed by atoms with Crippen molar-refractivity contribution in [1.82, 2.24) is 0 Å². The van der Waals surface area contributed by atoms with E-state index in [0.29, 0.717) is 35.4 Å². The Labute approximate surface area is 111 Å². The summed E-state index contributed by atoms with van der Waals surface area (Å²) in [6.07, 6.45) is -0.531. The zero-order valence-corrected chi connectivity index (χ0v) is 11.0. The van der Waals surface area contributed by atoms with Crippen LogP contribution in [0.5, 0.6) is 11.5 Å². The molecule has 0 aliphatic carbocycles. The van der Waals surface area contributed by atoms with Crippen LogP contribution in [0.4, 0.5) is 5.69 Å². The third kappa shape index (κ3) is 2.63. The average Bonchev–Trinajstić information content (AvgIpc) is 2.76. The second kappa shape index (κ2) is 5.65. The normalized spacial score (nSPS) is 22.9. The summed E-state index contributed by atoms with van der Waals surface area (Å²) in [5.41, 5.74) is 0.716. The van der Waals surface area contributed by atoms with Crippen LogP contribution >= 0.6 is 11.6 Å². The first-order valence-electron chi connectivity index (χ1n) is 5.59. The molecular formula is C12H16ClNO4. The van der Waals surface area contributed by atoms with E-state index in [-0.39, 0.29) is 6.04 Å². The number of rotatable bonds is 4. The van der Waals surface area contributed by atoms with Crippen molar-refractivity contribution < 1.29 is 19.3 Å². The van der Waals surface area contributed by atoms with Crippen molar-refractivity contribution >= 4 is 17.3 Å². The van der Waals surface area contributed by atoms with Crippen molar-refractivity contribution in [1.29, 1.82) is 0 Å². The Balaban J connectivity index is 2.24. The molecule has 2 atom stereocenters. The van der Waals surface area contributed by atoms with E-state index >= 15 is 0 Å². The fourth-order valence-corrected chi connectivity index (χ4v) is 2.08. The van der Waals surface area contributed by atoms with Gasteiger partial charge < -0.3 is 24.6 Å². The molecule has 2 unspecified atom stereocenters. The zero-order chi connectivity index (χ0) is 13.1. The van der Waals surface area contributed by atoms with Gasteiger partial charge in [0.2, 0.25) is 0 Å². The van der Waals surface area contributed by atoms with E-state index < -0.39 is 6.10 Å². The average molecular weight is 274 g/mol. The number of hydrogen-bond donors (Lipinski definition) is 2. The molecule has 2 rings (SSSR count). The van der Waals surface area contributed by atoms with Gasteiger partial charge in [-0.15, -0.1) is 0 Å². The predicted molar refractivity (Wildman–Crippen MR) is 68.8 cm³/mol. The van der Waals surface area contributed by atoms with Gasteiger partial charge in [0.25, 0.3) is 0 Å². The molecular weight excluding hydrogens is 258 g/mol. The van der Waals surface area contributed by atoms with E-state index in [4.69, 9.17) is 25.8 Å². The molecule has 18 heavy (non-hydrogen) atoms.